The molecule has 0 amide bonds. The monoisotopic (exact) mass is 328 g/mol. The van der Waals surface area contributed by atoms with Gasteiger partial charge in [-0.1, -0.05) is 24.1 Å². The summed E-state index contributed by atoms with van der Waals surface area (Å²) in [5.74, 6) is 3.31. The van der Waals surface area contributed by atoms with Crippen LogP contribution in [0, 0.1) is 29.1 Å². The molecule has 4 fully saturated rings. The number of rotatable bonds is 0. The molecule has 132 valence electrons. The van der Waals surface area contributed by atoms with Crippen molar-refractivity contribution in [1.29, 1.82) is 0 Å². The highest BCUT2D eigenvalue weighted by Gasteiger charge is 2.55. The lowest BCUT2D eigenvalue weighted by molar-refractivity contribution is -0.134. The van der Waals surface area contributed by atoms with Gasteiger partial charge in [-0.05, 0) is 87.0 Å². The van der Waals surface area contributed by atoms with Crippen molar-refractivity contribution in [2.24, 2.45) is 29.1 Å². The average molecular weight is 328 g/mol. The first-order valence-electron chi connectivity index (χ1n) is 10.3. The van der Waals surface area contributed by atoms with Crippen LogP contribution < -0.4 is 0 Å². The van der Waals surface area contributed by atoms with Crippen LogP contribution in [0.1, 0.15) is 65.2 Å². The molecule has 2 heteroatoms. The van der Waals surface area contributed by atoms with Gasteiger partial charge in [-0.3, -0.25) is 0 Å². The summed E-state index contributed by atoms with van der Waals surface area (Å²) in [4.78, 5) is 0. The van der Waals surface area contributed by atoms with Crippen molar-refractivity contribution in [2.45, 2.75) is 71.0 Å². The summed E-state index contributed by atoms with van der Waals surface area (Å²) >= 11 is 0. The number of hydrogen-bond donors (Lipinski definition) is 0. The molecule has 1 heterocycles. The first kappa shape index (κ1) is 15.6. The van der Waals surface area contributed by atoms with E-state index in [9.17, 15) is 0 Å². The van der Waals surface area contributed by atoms with Crippen LogP contribution in [0.25, 0.3) is 0 Å². The standard InChI is InChI=1S/C22H32O2/c1-3-16-5-7-20-19-6-4-15-14-22(23-12-13-24-22)11-9-17(15)18(19)8-10-21(16,20)2/h3,14,17-20H,4-13H2,1-2H3/b16-3+/t17?,18?,19?,20?,21-/m0/s1. The van der Waals surface area contributed by atoms with Gasteiger partial charge in [-0.25, -0.2) is 0 Å². The fourth-order valence-corrected chi connectivity index (χ4v) is 7.34. The van der Waals surface area contributed by atoms with Gasteiger partial charge < -0.3 is 9.47 Å². The van der Waals surface area contributed by atoms with Gasteiger partial charge in [0.05, 0.1) is 13.2 Å². The number of hydrogen-bond acceptors (Lipinski definition) is 2. The molecule has 5 aliphatic rings. The second-order valence-electron chi connectivity index (χ2n) is 9.15. The minimum absolute atomic E-state index is 0.340. The highest BCUT2D eigenvalue weighted by molar-refractivity contribution is 5.27. The molecule has 3 saturated carbocycles. The number of fused-ring (bicyclic) bond motifs is 5. The molecular formula is C22H32O2. The molecule has 0 radical (unpaired) electrons. The predicted octanol–water partition coefficient (Wildman–Crippen LogP) is 5.25. The lowest BCUT2D eigenvalue weighted by Crippen LogP contribution is -2.46. The summed E-state index contributed by atoms with van der Waals surface area (Å²) in [5.41, 5.74) is 3.96. The molecule has 24 heavy (non-hydrogen) atoms. The summed E-state index contributed by atoms with van der Waals surface area (Å²) < 4.78 is 11.9. The molecule has 0 N–H and O–H groups in total. The molecule has 0 aromatic rings. The summed E-state index contributed by atoms with van der Waals surface area (Å²) in [5, 5.41) is 0. The second kappa shape index (κ2) is 5.45. The molecule has 0 bridgehead atoms. The van der Waals surface area contributed by atoms with E-state index in [2.05, 4.69) is 26.0 Å². The van der Waals surface area contributed by atoms with E-state index < -0.39 is 0 Å². The molecule has 5 atom stereocenters. The van der Waals surface area contributed by atoms with Crippen molar-refractivity contribution in [1.82, 2.24) is 0 Å². The fourth-order valence-electron chi connectivity index (χ4n) is 7.34. The molecule has 0 aromatic heterocycles. The zero-order valence-corrected chi connectivity index (χ0v) is 15.4. The zero-order chi connectivity index (χ0) is 16.4. The Morgan fingerprint density at radius 3 is 2.62 bits per heavy atom. The third-order valence-corrected chi connectivity index (χ3v) is 8.43. The molecular weight excluding hydrogens is 296 g/mol. The maximum Gasteiger partial charge on any atom is 0.188 e. The van der Waals surface area contributed by atoms with Crippen LogP contribution in [0.15, 0.2) is 23.3 Å². The quantitative estimate of drug-likeness (QED) is 0.566. The molecule has 4 unspecified atom stereocenters. The van der Waals surface area contributed by atoms with Crippen LogP contribution in [0.3, 0.4) is 0 Å². The van der Waals surface area contributed by atoms with Gasteiger partial charge >= 0.3 is 0 Å². The minimum atomic E-state index is -0.340. The molecule has 2 nitrogen and oxygen atoms in total. The van der Waals surface area contributed by atoms with E-state index in [4.69, 9.17) is 9.47 Å². The minimum Gasteiger partial charge on any atom is -0.344 e. The SMILES string of the molecule is C/C=C1\CCC2C3CCC4=CC5(CCC4C3CC[C@@]12C)OCCO5. The van der Waals surface area contributed by atoms with E-state index in [1.165, 1.54) is 44.9 Å². The smallest absolute Gasteiger partial charge is 0.188 e. The Bertz CT molecular complexity index is 583. The predicted molar refractivity (Wildman–Crippen MR) is 95.5 cm³/mol. The Morgan fingerprint density at radius 1 is 1.00 bits per heavy atom. The topological polar surface area (TPSA) is 18.5 Å². The van der Waals surface area contributed by atoms with E-state index >= 15 is 0 Å². The van der Waals surface area contributed by atoms with Gasteiger partial charge in [0.15, 0.2) is 5.79 Å². The van der Waals surface area contributed by atoms with Gasteiger partial charge in [0.2, 0.25) is 0 Å². The Balaban J connectivity index is 1.42. The maximum atomic E-state index is 5.97. The summed E-state index contributed by atoms with van der Waals surface area (Å²) in [7, 11) is 0. The fraction of sp³-hybridized carbons (Fsp3) is 0.818. The third kappa shape index (κ3) is 2.08. The Hall–Kier alpha value is -0.600. The van der Waals surface area contributed by atoms with Crippen molar-refractivity contribution < 1.29 is 9.47 Å². The van der Waals surface area contributed by atoms with Crippen molar-refractivity contribution in [3.8, 4) is 0 Å². The molecule has 0 aromatic carbocycles. The van der Waals surface area contributed by atoms with Crippen molar-refractivity contribution in [3.63, 3.8) is 0 Å². The van der Waals surface area contributed by atoms with Crippen LogP contribution in [0.2, 0.25) is 0 Å². The van der Waals surface area contributed by atoms with Crippen LogP contribution in [-0.2, 0) is 9.47 Å². The number of allylic oxidation sites excluding steroid dienone is 3. The van der Waals surface area contributed by atoms with E-state index in [-0.39, 0.29) is 5.79 Å². The second-order valence-corrected chi connectivity index (χ2v) is 9.15. The highest BCUT2D eigenvalue weighted by Crippen LogP contribution is 2.63. The Morgan fingerprint density at radius 2 is 1.83 bits per heavy atom. The third-order valence-electron chi connectivity index (χ3n) is 8.43. The first-order chi connectivity index (χ1) is 11.7. The van der Waals surface area contributed by atoms with Crippen molar-refractivity contribution in [3.05, 3.63) is 23.3 Å². The average Bonchev–Trinajstić information content (AvgIpc) is 3.18. The van der Waals surface area contributed by atoms with E-state index in [0.717, 1.165) is 43.3 Å². The van der Waals surface area contributed by atoms with Crippen molar-refractivity contribution >= 4 is 0 Å². The van der Waals surface area contributed by atoms with Gasteiger partial charge in [-0.2, -0.15) is 0 Å². The largest absolute Gasteiger partial charge is 0.344 e. The highest BCUT2D eigenvalue weighted by atomic mass is 16.7. The van der Waals surface area contributed by atoms with Crippen LogP contribution in [0.5, 0.6) is 0 Å². The zero-order valence-electron chi connectivity index (χ0n) is 15.4. The molecule has 1 aliphatic heterocycles. The maximum absolute atomic E-state index is 5.97. The van der Waals surface area contributed by atoms with Gasteiger partial charge in [0.25, 0.3) is 0 Å². The summed E-state index contributed by atoms with van der Waals surface area (Å²) in [6, 6.07) is 0. The van der Waals surface area contributed by atoms with E-state index in [0.29, 0.717) is 5.41 Å². The van der Waals surface area contributed by atoms with E-state index in [1.807, 2.05) is 0 Å². The Kier molecular flexibility index (Phi) is 3.55. The first-order valence-corrected chi connectivity index (χ1v) is 10.3. The summed E-state index contributed by atoms with van der Waals surface area (Å²) in [6.45, 7) is 6.39. The van der Waals surface area contributed by atoms with Crippen LogP contribution in [0.4, 0.5) is 0 Å². The van der Waals surface area contributed by atoms with Gasteiger partial charge in [0, 0.05) is 6.42 Å². The van der Waals surface area contributed by atoms with E-state index in [1.54, 1.807) is 11.1 Å². The van der Waals surface area contributed by atoms with Crippen molar-refractivity contribution in [2.75, 3.05) is 13.2 Å². The van der Waals surface area contributed by atoms with Crippen LogP contribution >= 0.6 is 0 Å². The lowest BCUT2D eigenvalue weighted by atomic mass is 9.52. The van der Waals surface area contributed by atoms with Gasteiger partial charge in [-0.15, -0.1) is 0 Å². The lowest BCUT2D eigenvalue weighted by Gasteiger charge is -2.54. The molecule has 5 rings (SSSR count). The van der Waals surface area contributed by atoms with Crippen LogP contribution in [-0.4, -0.2) is 19.0 Å². The molecule has 4 aliphatic carbocycles. The normalized spacial score (nSPS) is 48.1. The van der Waals surface area contributed by atoms with Gasteiger partial charge in [0.1, 0.15) is 0 Å². The summed E-state index contributed by atoms with van der Waals surface area (Å²) in [6.07, 6.45) is 15.6. The molecule has 1 saturated heterocycles. The number of ether oxygens (including phenoxy) is 2. The Labute approximate surface area is 146 Å². The molecule has 1 spiro atoms.